The third kappa shape index (κ3) is 1.99. The third-order valence-corrected chi connectivity index (χ3v) is 3.41. The van der Waals surface area contributed by atoms with Gasteiger partial charge in [0.1, 0.15) is 0 Å². The van der Waals surface area contributed by atoms with Crippen molar-refractivity contribution in [2.45, 2.75) is 19.9 Å². The lowest BCUT2D eigenvalue weighted by molar-refractivity contribution is 0.672. The second-order valence-electron chi connectivity index (χ2n) is 3.84. The summed E-state index contributed by atoms with van der Waals surface area (Å²) in [6.07, 6.45) is 1.83. The van der Waals surface area contributed by atoms with Crippen molar-refractivity contribution in [3.05, 3.63) is 46.8 Å². The summed E-state index contributed by atoms with van der Waals surface area (Å²) in [5.41, 5.74) is 4.88. The molecule has 2 rings (SSSR count). The molecule has 0 amide bonds. The monoisotopic (exact) mass is 233 g/mol. The Morgan fingerprint density at radius 3 is 2.75 bits per heavy atom. The van der Waals surface area contributed by atoms with Gasteiger partial charge < -0.3 is 5.32 Å². The SMILES string of the molecule is CNC(c1cnsn1)c1cccc(C)c1C. The minimum atomic E-state index is 0.138. The first-order chi connectivity index (χ1) is 7.74. The molecule has 4 heteroatoms. The molecule has 0 radical (unpaired) electrons. The van der Waals surface area contributed by atoms with E-state index >= 15 is 0 Å². The van der Waals surface area contributed by atoms with Gasteiger partial charge in [-0.3, -0.25) is 0 Å². The molecule has 0 bridgehead atoms. The van der Waals surface area contributed by atoms with Crippen molar-refractivity contribution in [2.24, 2.45) is 0 Å². The summed E-state index contributed by atoms with van der Waals surface area (Å²) < 4.78 is 8.36. The van der Waals surface area contributed by atoms with Gasteiger partial charge in [0, 0.05) is 0 Å². The van der Waals surface area contributed by atoms with E-state index in [1.165, 1.54) is 28.4 Å². The number of nitrogens with one attached hydrogen (secondary N) is 1. The van der Waals surface area contributed by atoms with Gasteiger partial charge in [0.2, 0.25) is 0 Å². The van der Waals surface area contributed by atoms with Gasteiger partial charge in [0.05, 0.1) is 29.7 Å². The molecule has 0 fully saturated rings. The lowest BCUT2D eigenvalue weighted by atomic mass is 9.96. The van der Waals surface area contributed by atoms with E-state index in [1.807, 2.05) is 13.2 Å². The first-order valence-corrected chi connectivity index (χ1v) is 5.98. The van der Waals surface area contributed by atoms with Crippen LogP contribution in [0.5, 0.6) is 0 Å². The Kier molecular flexibility index (Phi) is 3.31. The van der Waals surface area contributed by atoms with Crippen molar-refractivity contribution in [3.63, 3.8) is 0 Å². The molecule has 16 heavy (non-hydrogen) atoms. The summed E-state index contributed by atoms with van der Waals surface area (Å²) in [6, 6.07) is 6.49. The maximum atomic E-state index is 4.30. The molecule has 1 atom stereocenters. The van der Waals surface area contributed by atoms with Crippen molar-refractivity contribution in [1.82, 2.24) is 14.1 Å². The van der Waals surface area contributed by atoms with Crippen molar-refractivity contribution < 1.29 is 0 Å². The van der Waals surface area contributed by atoms with E-state index < -0.39 is 0 Å². The highest BCUT2D eigenvalue weighted by molar-refractivity contribution is 6.99. The van der Waals surface area contributed by atoms with Crippen LogP contribution in [0.4, 0.5) is 0 Å². The van der Waals surface area contributed by atoms with E-state index in [2.05, 4.69) is 46.1 Å². The van der Waals surface area contributed by atoms with Crippen LogP contribution < -0.4 is 5.32 Å². The van der Waals surface area contributed by atoms with E-state index in [9.17, 15) is 0 Å². The van der Waals surface area contributed by atoms with E-state index in [4.69, 9.17) is 0 Å². The molecule has 1 aromatic heterocycles. The predicted octanol–water partition coefficient (Wildman–Crippen LogP) is 2.46. The standard InChI is InChI=1S/C12H15N3S/c1-8-5-4-6-10(9(8)2)12(13-3)11-7-14-16-15-11/h4-7,12-13H,1-3H3. The van der Waals surface area contributed by atoms with Crippen LogP contribution in [0.15, 0.2) is 24.4 Å². The van der Waals surface area contributed by atoms with E-state index in [-0.39, 0.29) is 6.04 Å². The number of benzene rings is 1. The molecule has 84 valence electrons. The molecule has 0 saturated carbocycles. The van der Waals surface area contributed by atoms with Crippen LogP contribution in [0.2, 0.25) is 0 Å². The Bertz CT molecular complexity index is 465. The summed E-state index contributed by atoms with van der Waals surface area (Å²) in [5.74, 6) is 0. The smallest absolute Gasteiger partial charge is 0.0957 e. The Balaban J connectivity index is 2.45. The normalized spacial score (nSPS) is 12.7. The van der Waals surface area contributed by atoms with Crippen LogP contribution in [-0.2, 0) is 0 Å². The van der Waals surface area contributed by atoms with E-state index in [0.717, 1.165) is 5.69 Å². The van der Waals surface area contributed by atoms with Crippen molar-refractivity contribution in [3.8, 4) is 0 Å². The minimum absolute atomic E-state index is 0.138. The molecule has 0 saturated heterocycles. The molecule has 1 unspecified atom stereocenters. The predicted molar refractivity (Wildman–Crippen MR) is 66.7 cm³/mol. The van der Waals surface area contributed by atoms with Crippen molar-refractivity contribution >= 4 is 11.7 Å². The molecule has 1 N–H and O–H groups in total. The lowest BCUT2D eigenvalue weighted by Crippen LogP contribution is -2.19. The van der Waals surface area contributed by atoms with Crippen LogP contribution >= 0.6 is 11.7 Å². The minimum Gasteiger partial charge on any atom is -0.308 e. The van der Waals surface area contributed by atoms with Gasteiger partial charge in [-0.15, -0.1) is 0 Å². The third-order valence-electron chi connectivity index (χ3n) is 2.92. The molecule has 2 aromatic rings. The number of hydrogen-bond acceptors (Lipinski definition) is 4. The Labute approximate surface area is 99.9 Å². The summed E-state index contributed by atoms with van der Waals surface area (Å²) in [5, 5.41) is 3.29. The zero-order valence-corrected chi connectivity index (χ0v) is 10.5. The fourth-order valence-corrected chi connectivity index (χ4v) is 2.30. The Morgan fingerprint density at radius 2 is 2.12 bits per heavy atom. The quantitative estimate of drug-likeness (QED) is 0.885. The average Bonchev–Trinajstić information content (AvgIpc) is 2.79. The van der Waals surface area contributed by atoms with Gasteiger partial charge in [-0.05, 0) is 37.6 Å². The highest BCUT2D eigenvalue weighted by Crippen LogP contribution is 2.25. The summed E-state index contributed by atoms with van der Waals surface area (Å²) in [6.45, 7) is 4.28. The first-order valence-electron chi connectivity index (χ1n) is 5.25. The van der Waals surface area contributed by atoms with Crippen LogP contribution in [0, 0.1) is 13.8 Å². The number of rotatable bonds is 3. The molecule has 1 heterocycles. The van der Waals surface area contributed by atoms with E-state index in [0.29, 0.717) is 0 Å². The Hall–Kier alpha value is -1.26. The fourth-order valence-electron chi connectivity index (χ4n) is 1.85. The van der Waals surface area contributed by atoms with Gasteiger partial charge in [-0.25, -0.2) is 0 Å². The Morgan fingerprint density at radius 1 is 1.31 bits per heavy atom. The van der Waals surface area contributed by atoms with Crippen molar-refractivity contribution in [2.75, 3.05) is 7.05 Å². The zero-order chi connectivity index (χ0) is 11.5. The largest absolute Gasteiger partial charge is 0.308 e. The maximum absolute atomic E-state index is 4.30. The molecule has 0 spiro atoms. The summed E-state index contributed by atoms with van der Waals surface area (Å²) in [4.78, 5) is 0. The maximum Gasteiger partial charge on any atom is 0.0957 e. The highest BCUT2D eigenvalue weighted by Gasteiger charge is 2.16. The highest BCUT2D eigenvalue weighted by atomic mass is 32.1. The van der Waals surface area contributed by atoms with E-state index in [1.54, 1.807) is 0 Å². The summed E-state index contributed by atoms with van der Waals surface area (Å²) in [7, 11) is 1.95. The van der Waals surface area contributed by atoms with Gasteiger partial charge in [-0.2, -0.15) is 8.75 Å². The number of aromatic nitrogens is 2. The second-order valence-corrected chi connectivity index (χ2v) is 4.40. The zero-order valence-electron chi connectivity index (χ0n) is 9.69. The number of hydrogen-bond donors (Lipinski definition) is 1. The van der Waals surface area contributed by atoms with Gasteiger partial charge in [0.25, 0.3) is 0 Å². The molecule has 3 nitrogen and oxygen atoms in total. The first kappa shape index (κ1) is 11.2. The second kappa shape index (κ2) is 4.72. The fraction of sp³-hybridized carbons (Fsp3) is 0.333. The van der Waals surface area contributed by atoms with Crippen LogP contribution in [0.25, 0.3) is 0 Å². The number of nitrogens with zero attached hydrogens (tertiary/aromatic N) is 2. The topological polar surface area (TPSA) is 37.8 Å². The average molecular weight is 233 g/mol. The van der Waals surface area contributed by atoms with Gasteiger partial charge in [0.15, 0.2) is 0 Å². The number of aryl methyl sites for hydroxylation is 1. The van der Waals surface area contributed by atoms with Crippen LogP contribution in [0.1, 0.15) is 28.4 Å². The molecule has 1 aromatic carbocycles. The van der Waals surface area contributed by atoms with Gasteiger partial charge >= 0.3 is 0 Å². The molecule has 0 aliphatic carbocycles. The van der Waals surface area contributed by atoms with Gasteiger partial charge in [-0.1, -0.05) is 18.2 Å². The molecule has 0 aliphatic rings. The van der Waals surface area contributed by atoms with Crippen molar-refractivity contribution in [1.29, 1.82) is 0 Å². The molecular formula is C12H15N3S. The molecular weight excluding hydrogens is 218 g/mol. The van der Waals surface area contributed by atoms with Crippen LogP contribution in [-0.4, -0.2) is 15.8 Å². The van der Waals surface area contributed by atoms with Crippen LogP contribution in [0.3, 0.4) is 0 Å². The molecule has 0 aliphatic heterocycles. The summed E-state index contributed by atoms with van der Waals surface area (Å²) >= 11 is 1.25. The lowest BCUT2D eigenvalue weighted by Gasteiger charge is -2.17.